The summed E-state index contributed by atoms with van der Waals surface area (Å²) in [5.74, 6) is 0.401. The minimum absolute atomic E-state index is 0.329. The quantitative estimate of drug-likeness (QED) is 0.690. The third kappa shape index (κ3) is 4.21. The van der Waals surface area contributed by atoms with Crippen molar-refractivity contribution < 1.29 is 4.79 Å². The third-order valence-corrected chi connectivity index (χ3v) is 5.05. The van der Waals surface area contributed by atoms with Crippen molar-refractivity contribution in [1.82, 2.24) is 4.90 Å². The van der Waals surface area contributed by atoms with Crippen molar-refractivity contribution in [1.29, 1.82) is 0 Å². The van der Waals surface area contributed by atoms with Gasteiger partial charge in [-0.25, -0.2) is 0 Å². The molecule has 2 atom stereocenters. The minimum atomic E-state index is 0.329. The molecular formula is C17H32N2O. The largest absolute Gasteiger partial charge is 0.337 e. The van der Waals surface area contributed by atoms with Gasteiger partial charge in [0.1, 0.15) is 0 Å². The summed E-state index contributed by atoms with van der Waals surface area (Å²) in [4.78, 5) is 14.6. The van der Waals surface area contributed by atoms with Crippen LogP contribution in [0.2, 0.25) is 0 Å². The first-order chi connectivity index (χ1) is 9.72. The fourth-order valence-electron chi connectivity index (χ4n) is 3.99. The van der Waals surface area contributed by atoms with Crippen LogP contribution in [0.25, 0.3) is 0 Å². The van der Waals surface area contributed by atoms with Gasteiger partial charge in [0.25, 0.3) is 0 Å². The number of nitrogens with zero attached hydrogens (tertiary/aromatic N) is 1. The van der Waals surface area contributed by atoms with E-state index in [0.29, 0.717) is 24.0 Å². The highest BCUT2D eigenvalue weighted by Crippen LogP contribution is 2.35. The molecule has 0 radical (unpaired) electrons. The van der Waals surface area contributed by atoms with Crippen LogP contribution in [0.1, 0.15) is 84.0 Å². The molecule has 2 aliphatic heterocycles. The lowest BCUT2D eigenvalue weighted by Crippen LogP contribution is -2.50. The van der Waals surface area contributed by atoms with Crippen LogP contribution >= 0.6 is 0 Å². The number of carbonyl (C=O) groups excluding carboxylic acids is 1. The average molecular weight is 280 g/mol. The first-order valence-electron chi connectivity index (χ1n) is 8.79. The summed E-state index contributed by atoms with van der Waals surface area (Å²) in [6.07, 6.45) is 14.1. The standard InChI is InChI=1S/C17H32N2O/c1-2-3-4-5-6-7-8-9-17(20)19-15-10-11-16(19)13-14(18)12-15/h14-16H,2-13,18H2,1H3. The number of fused-ring (bicyclic) bond motifs is 2. The van der Waals surface area contributed by atoms with Gasteiger partial charge in [0.05, 0.1) is 0 Å². The van der Waals surface area contributed by atoms with E-state index in [1.165, 1.54) is 51.4 Å². The molecule has 2 fully saturated rings. The van der Waals surface area contributed by atoms with Crippen molar-refractivity contribution in [3.8, 4) is 0 Å². The predicted molar refractivity (Wildman–Crippen MR) is 83.5 cm³/mol. The Morgan fingerprint density at radius 3 is 2.15 bits per heavy atom. The SMILES string of the molecule is CCCCCCCCCC(=O)N1C2CCC1CC(N)C2. The zero-order valence-electron chi connectivity index (χ0n) is 13.2. The van der Waals surface area contributed by atoms with E-state index in [4.69, 9.17) is 5.73 Å². The van der Waals surface area contributed by atoms with Gasteiger partial charge < -0.3 is 10.6 Å². The Balaban J connectivity index is 1.61. The number of amides is 1. The molecule has 0 saturated carbocycles. The Morgan fingerprint density at radius 1 is 1.00 bits per heavy atom. The molecule has 0 aromatic heterocycles. The van der Waals surface area contributed by atoms with Crippen molar-refractivity contribution >= 4 is 5.91 Å². The molecule has 2 unspecified atom stereocenters. The fourth-order valence-corrected chi connectivity index (χ4v) is 3.99. The van der Waals surface area contributed by atoms with Gasteiger partial charge in [0.15, 0.2) is 0 Å². The summed E-state index contributed by atoms with van der Waals surface area (Å²) in [5.41, 5.74) is 6.06. The van der Waals surface area contributed by atoms with Crippen LogP contribution in [0.4, 0.5) is 0 Å². The van der Waals surface area contributed by atoms with Gasteiger partial charge in [-0.3, -0.25) is 4.79 Å². The number of hydrogen-bond donors (Lipinski definition) is 1. The monoisotopic (exact) mass is 280 g/mol. The van der Waals surface area contributed by atoms with Gasteiger partial charge in [-0.15, -0.1) is 0 Å². The highest BCUT2D eigenvalue weighted by molar-refractivity contribution is 5.77. The van der Waals surface area contributed by atoms with Crippen molar-refractivity contribution in [2.24, 2.45) is 5.73 Å². The van der Waals surface area contributed by atoms with Gasteiger partial charge in [-0.05, 0) is 32.1 Å². The van der Waals surface area contributed by atoms with Gasteiger partial charge >= 0.3 is 0 Å². The highest BCUT2D eigenvalue weighted by Gasteiger charge is 2.41. The highest BCUT2D eigenvalue weighted by atomic mass is 16.2. The average Bonchev–Trinajstić information content (AvgIpc) is 2.70. The molecule has 2 bridgehead atoms. The van der Waals surface area contributed by atoms with Crippen LogP contribution < -0.4 is 5.73 Å². The zero-order chi connectivity index (χ0) is 14.4. The summed E-state index contributed by atoms with van der Waals surface area (Å²) >= 11 is 0. The van der Waals surface area contributed by atoms with E-state index in [0.717, 1.165) is 25.7 Å². The lowest BCUT2D eigenvalue weighted by Gasteiger charge is -2.37. The Hall–Kier alpha value is -0.570. The van der Waals surface area contributed by atoms with Gasteiger partial charge in [0.2, 0.25) is 5.91 Å². The van der Waals surface area contributed by atoms with E-state index >= 15 is 0 Å². The maximum atomic E-state index is 12.4. The van der Waals surface area contributed by atoms with Crippen molar-refractivity contribution in [2.45, 2.75) is 102 Å². The summed E-state index contributed by atoms with van der Waals surface area (Å²) in [7, 11) is 0. The smallest absolute Gasteiger partial charge is 0.223 e. The second kappa shape index (κ2) is 8.02. The number of unbranched alkanes of at least 4 members (excludes halogenated alkanes) is 6. The lowest BCUT2D eigenvalue weighted by molar-refractivity contribution is -0.135. The van der Waals surface area contributed by atoms with Gasteiger partial charge in [-0.2, -0.15) is 0 Å². The summed E-state index contributed by atoms with van der Waals surface area (Å²) in [6.45, 7) is 2.25. The first-order valence-corrected chi connectivity index (χ1v) is 8.79. The van der Waals surface area contributed by atoms with Crippen LogP contribution in [-0.4, -0.2) is 28.9 Å². The maximum Gasteiger partial charge on any atom is 0.223 e. The molecular weight excluding hydrogens is 248 g/mol. The summed E-state index contributed by atoms with van der Waals surface area (Å²) < 4.78 is 0. The first kappa shape index (κ1) is 15.8. The van der Waals surface area contributed by atoms with E-state index in [9.17, 15) is 4.79 Å². The van der Waals surface area contributed by atoms with Crippen molar-refractivity contribution in [3.63, 3.8) is 0 Å². The van der Waals surface area contributed by atoms with E-state index in [2.05, 4.69) is 11.8 Å². The normalized spacial score (nSPS) is 28.9. The topological polar surface area (TPSA) is 46.3 Å². The second-order valence-corrected chi connectivity index (χ2v) is 6.79. The van der Waals surface area contributed by atoms with Crippen LogP contribution in [-0.2, 0) is 4.79 Å². The molecule has 2 heterocycles. The van der Waals surface area contributed by atoms with Crippen LogP contribution in [0, 0.1) is 0 Å². The molecule has 3 nitrogen and oxygen atoms in total. The number of hydrogen-bond acceptors (Lipinski definition) is 2. The molecule has 2 saturated heterocycles. The van der Waals surface area contributed by atoms with Crippen molar-refractivity contribution in [2.75, 3.05) is 0 Å². The summed E-state index contributed by atoms with van der Waals surface area (Å²) in [5, 5.41) is 0. The van der Waals surface area contributed by atoms with Crippen molar-refractivity contribution in [3.05, 3.63) is 0 Å². The molecule has 0 aliphatic carbocycles. The lowest BCUT2D eigenvalue weighted by atomic mass is 9.97. The molecule has 1 amide bonds. The number of nitrogens with two attached hydrogens (primary N) is 1. The summed E-state index contributed by atoms with van der Waals surface area (Å²) in [6, 6.07) is 1.25. The molecule has 0 aromatic rings. The maximum absolute atomic E-state index is 12.4. The van der Waals surface area contributed by atoms with E-state index < -0.39 is 0 Å². The van der Waals surface area contributed by atoms with Crippen LogP contribution in [0.5, 0.6) is 0 Å². The number of rotatable bonds is 8. The number of carbonyl (C=O) groups is 1. The molecule has 2 N–H and O–H groups in total. The Kier molecular flexibility index (Phi) is 6.34. The number of piperidine rings is 1. The molecule has 3 heteroatoms. The van der Waals surface area contributed by atoms with Crippen LogP contribution in [0.3, 0.4) is 0 Å². The molecule has 20 heavy (non-hydrogen) atoms. The minimum Gasteiger partial charge on any atom is -0.337 e. The molecule has 0 aromatic carbocycles. The van der Waals surface area contributed by atoms with E-state index in [1.54, 1.807) is 0 Å². The molecule has 0 spiro atoms. The van der Waals surface area contributed by atoms with E-state index in [1.807, 2.05) is 0 Å². The Labute approximate surface area is 124 Å². The van der Waals surface area contributed by atoms with Gasteiger partial charge in [0, 0.05) is 24.5 Å². The third-order valence-electron chi connectivity index (χ3n) is 5.05. The molecule has 2 rings (SSSR count). The Bertz CT molecular complexity index is 291. The fraction of sp³-hybridized carbons (Fsp3) is 0.941. The Morgan fingerprint density at radius 2 is 1.55 bits per heavy atom. The molecule has 2 aliphatic rings. The predicted octanol–water partition coefficient (Wildman–Crippen LogP) is 3.61. The zero-order valence-corrected chi connectivity index (χ0v) is 13.2. The second-order valence-electron chi connectivity index (χ2n) is 6.79. The van der Waals surface area contributed by atoms with E-state index in [-0.39, 0.29) is 0 Å². The van der Waals surface area contributed by atoms with Gasteiger partial charge in [-0.1, -0.05) is 45.4 Å². The molecule has 116 valence electrons. The van der Waals surface area contributed by atoms with Crippen LogP contribution in [0.15, 0.2) is 0 Å².